The molecule has 1 aliphatic heterocycles. The second-order valence-electron chi connectivity index (χ2n) is 7.25. The van der Waals surface area contributed by atoms with Gasteiger partial charge in [0, 0.05) is 38.3 Å². The van der Waals surface area contributed by atoms with Crippen LogP contribution in [-0.4, -0.2) is 74.0 Å². The van der Waals surface area contributed by atoms with Gasteiger partial charge in [-0.1, -0.05) is 26.2 Å². The second-order valence-corrected chi connectivity index (χ2v) is 7.25. The van der Waals surface area contributed by atoms with Crippen LogP contribution in [0.25, 0.3) is 0 Å². The highest BCUT2D eigenvalue weighted by atomic mass is 16.5. The highest BCUT2D eigenvalue weighted by Crippen LogP contribution is 2.34. The molecule has 1 heterocycles. The molecular formula is C18H36N4O2. The summed E-state index contributed by atoms with van der Waals surface area (Å²) >= 11 is 0. The summed E-state index contributed by atoms with van der Waals surface area (Å²) in [6.45, 7) is 10.5. The molecule has 1 atom stereocenters. The van der Waals surface area contributed by atoms with Crippen molar-refractivity contribution >= 4 is 5.96 Å². The number of hydrogen-bond donors (Lipinski definition) is 3. The third-order valence-electron chi connectivity index (χ3n) is 5.27. The van der Waals surface area contributed by atoms with Gasteiger partial charge in [-0.25, -0.2) is 0 Å². The van der Waals surface area contributed by atoms with Crippen molar-refractivity contribution in [1.29, 1.82) is 0 Å². The number of ether oxygens (including phenoxy) is 1. The van der Waals surface area contributed by atoms with E-state index in [2.05, 4.69) is 22.5 Å². The van der Waals surface area contributed by atoms with Crippen LogP contribution < -0.4 is 10.6 Å². The van der Waals surface area contributed by atoms with Gasteiger partial charge < -0.3 is 20.5 Å². The van der Waals surface area contributed by atoms with Crippen molar-refractivity contribution in [2.75, 3.05) is 52.5 Å². The number of aliphatic hydroxyl groups excluding tert-OH is 1. The third-order valence-corrected chi connectivity index (χ3v) is 5.27. The van der Waals surface area contributed by atoms with E-state index in [0.717, 1.165) is 51.9 Å². The Labute approximate surface area is 147 Å². The Bertz CT molecular complexity index is 377. The van der Waals surface area contributed by atoms with Crippen molar-refractivity contribution in [3.05, 3.63) is 0 Å². The van der Waals surface area contributed by atoms with Gasteiger partial charge >= 0.3 is 0 Å². The number of nitrogens with one attached hydrogen (secondary N) is 2. The fourth-order valence-electron chi connectivity index (χ4n) is 3.73. The van der Waals surface area contributed by atoms with E-state index in [1.54, 1.807) is 0 Å². The van der Waals surface area contributed by atoms with Crippen molar-refractivity contribution in [3.63, 3.8) is 0 Å². The molecule has 0 aromatic rings. The van der Waals surface area contributed by atoms with Gasteiger partial charge in [-0.05, 0) is 25.7 Å². The molecule has 24 heavy (non-hydrogen) atoms. The normalized spacial score (nSPS) is 23.7. The van der Waals surface area contributed by atoms with E-state index in [1.165, 1.54) is 32.1 Å². The predicted molar refractivity (Wildman–Crippen MR) is 98.4 cm³/mol. The maximum absolute atomic E-state index is 9.20. The van der Waals surface area contributed by atoms with Crippen LogP contribution >= 0.6 is 0 Å². The van der Waals surface area contributed by atoms with Gasteiger partial charge in [-0.15, -0.1) is 0 Å². The Morgan fingerprint density at radius 1 is 1.21 bits per heavy atom. The minimum atomic E-state index is 0.199. The lowest BCUT2D eigenvalue weighted by Gasteiger charge is -2.47. The summed E-state index contributed by atoms with van der Waals surface area (Å²) in [5, 5.41) is 15.9. The van der Waals surface area contributed by atoms with Gasteiger partial charge in [0.1, 0.15) is 0 Å². The van der Waals surface area contributed by atoms with Crippen molar-refractivity contribution in [2.45, 2.75) is 51.5 Å². The molecule has 2 aliphatic rings. The molecule has 2 fully saturated rings. The minimum Gasteiger partial charge on any atom is -0.396 e. The van der Waals surface area contributed by atoms with Gasteiger partial charge in [-0.3, -0.25) is 9.89 Å². The average Bonchev–Trinajstić information content (AvgIpc) is 2.65. The first kappa shape index (κ1) is 19.5. The molecule has 0 aromatic carbocycles. The molecule has 3 N–H and O–H groups in total. The lowest BCUT2D eigenvalue weighted by atomic mass is 9.80. The zero-order chi connectivity index (χ0) is 17.3. The summed E-state index contributed by atoms with van der Waals surface area (Å²) in [5.74, 6) is 1.10. The Balaban J connectivity index is 2.02. The van der Waals surface area contributed by atoms with Crippen LogP contribution in [0.15, 0.2) is 4.99 Å². The molecule has 0 radical (unpaired) electrons. The van der Waals surface area contributed by atoms with Gasteiger partial charge in [0.05, 0.1) is 19.8 Å². The molecule has 140 valence electrons. The van der Waals surface area contributed by atoms with E-state index < -0.39 is 0 Å². The summed E-state index contributed by atoms with van der Waals surface area (Å²) in [4.78, 5) is 7.55. The Hall–Kier alpha value is -0.850. The van der Waals surface area contributed by atoms with Crippen LogP contribution in [0.1, 0.15) is 46.0 Å². The first-order chi connectivity index (χ1) is 11.7. The summed E-state index contributed by atoms with van der Waals surface area (Å²) < 4.78 is 5.55. The number of rotatable bonds is 7. The molecule has 0 amide bonds. The van der Waals surface area contributed by atoms with E-state index in [0.29, 0.717) is 0 Å². The van der Waals surface area contributed by atoms with Crippen molar-refractivity contribution in [1.82, 2.24) is 15.5 Å². The number of hydrogen-bond acceptors (Lipinski definition) is 4. The Morgan fingerprint density at radius 3 is 2.54 bits per heavy atom. The zero-order valence-corrected chi connectivity index (χ0v) is 15.5. The first-order valence-corrected chi connectivity index (χ1v) is 9.66. The smallest absolute Gasteiger partial charge is 0.191 e. The SMILES string of the molecule is CCNC(=NCC1(N2CCOCC2)CCCCC1)NCC(C)CO. The maximum atomic E-state index is 9.20. The molecule has 0 spiro atoms. The van der Waals surface area contributed by atoms with Gasteiger partial charge in [0.2, 0.25) is 0 Å². The standard InChI is InChI=1S/C18H36N4O2/c1-3-19-17(20-13-16(2)14-23)21-15-18(7-5-4-6-8-18)22-9-11-24-12-10-22/h16,23H,3-15H2,1-2H3,(H2,19,20,21). The molecule has 1 saturated heterocycles. The van der Waals surface area contributed by atoms with Gasteiger partial charge in [-0.2, -0.15) is 0 Å². The van der Waals surface area contributed by atoms with Crippen LogP contribution in [0.5, 0.6) is 0 Å². The Kier molecular flexibility index (Phi) is 8.29. The third kappa shape index (κ3) is 5.60. The molecule has 1 unspecified atom stereocenters. The fraction of sp³-hybridized carbons (Fsp3) is 0.944. The lowest BCUT2D eigenvalue weighted by Crippen LogP contribution is -2.56. The molecule has 2 rings (SSSR count). The Morgan fingerprint density at radius 2 is 1.92 bits per heavy atom. The zero-order valence-electron chi connectivity index (χ0n) is 15.5. The molecule has 1 aliphatic carbocycles. The number of nitrogens with zero attached hydrogens (tertiary/aromatic N) is 2. The molecular weight excluding hydrogens is 304 g/mol. The fourth-order valence-corrected chi connectivity index (χ4v) is 3.73. The van der Waals surface area contributed by atoms with Crippen LogP contribution in [0, 0.1) is 5.92 Å². The number of aliphatic imine (C=N–C) groups is 1. The second kappa shape index (κ2) is 10.2. The molecule has 1 saturated carbocycles. The summed E-state index contributed by atoms with van der Waals surface area (Å²) in [6.07, 6.45) is 6.44. The first-order valence-electron chi connectivity index (χ1n) is 9.66. The van der Waals surface area contributed by atoms with E-state index in [9.17, 15) is 5.11 Å². The van der Waals surface area contributed by atoms with Crippen LogP contribution in [-0.2, 0) is 4.74 Å². The largest absolute Gasteiger partial charge is 0.396 e. The van der Waals surface area contributed by atoms with Crippen molar-refractivity contribution < 1.29 is 9.84 Å². The van der Waals surface area contributed by atoms with Crippen molar-refractivity contribution in [3.8, 4) is 0 Å². The molecule has 0 aromatic heterocycles. The van der Waals surface area contributed by atoms with E-state index >= 15 is 0 Å². The van der Waals surface area contributed by atoms with E-state index in [1.807, 2.05) is 6.92 Å². The van der Waals surface area contributed by atoms with E-state index in [-0.39, 0.29) is 18.1 Å². The van der Waals surface area contributed by atoms with Crippen LogP contribution in [0.4, 0.5) is 0 Å². The topological polar surface area (TPSA) is 69.1 Å². The van der Waals surface area contributed by atoms with Crippen molar-refractivity contribution in [2.24, 2.45) is 10.9 Å². The molecule has 6 heteroatoms. The van der Waals surface area contributed by atoms with E-state index in [4.69, 9.17) is 9.73 Å². The summed E-state index contributed by atoms with van der Waals surface area (Å²) in [6, 6.07) is 0. The number of aliphatic hydroxyl groups is 1. The maximum Gasteiger partial charge on any atom is 0.191 e. The van der Waals surface area contributed by atoms with Gasteiger partial charge in [0.25, 0.3) is 0 Å². The number of morpholine rings is 1. The quantitative estimate of drug-likeness (QED) is 0.480. The van der Waals surface area contributed by atoms with Crippen LogP contribution in [0.3, 0.4) is 0 Å². The molecule has 0 bridgehead atoms. The highest BCUT2D eigenvalue weighted by molar-refractivity contribution is 5.79. The average molecular weight is 341 g/mol. The highest BCUT2D eigenvalue weighted by Gasteiger charge is 2.38. The molecule has 6 nitrogen and oxygen atoms in total. The summed E-state index contributed by atoms with van der Waals surface area (Å²) in [7, 11) is 0. The monoisotopic (exact) mass is 340 g/mol. The lowest BCUT2D eigenvalue weighted by molar-refractivity contribution is -0.0333. The minimum absolute atomic E-state index is 0.199. The predicted octanol–water partition coefficient (Wildman–Crippen LogP) is 1.21. The number of guanidine groups is 1. The van der Waals surface area contributed by atoms with Gasteiger partial charge in [0.15, 0.2) is 5.96 Å². The summed E-state index contributed by atoms with van der Waals surface area (Å²) in [5.41, 5.74) is 0.201. The van der Waals surface area contributed by atoms with Crippen LogP contribution in [0.2, 0.25) is 0 Å².